The van der Waals surface area contributed by atoms with Crippen LogP contribution in [0.25, 0.3) is 0 Å². The quantitative estimate of drug-likeness (QED) is 0.415. The molecule has 36 heavy (non-hydrogen) atoms. The predicted molar refractivity (Wildman–Crippen MR) is 140 cm³/mol. The fourth-order valence-electron chi connectivity index (χ4n) is 4.32. The minimum absolute atomic E-state index is 0.0469. The van der Waals surface area contributed by atoms with Gasteiger partial charge >= 0.3 is 12.1 Å². The van der Waals surface area contributed by atoms with Crippen molar-refractivity contribution in [2.24, 2.45) is 11.7 Å². The summed E-state index contributed by atoms with van der Waals surface area (Å²) in [6.45, 7) is 9.40. The molecule has 2 aromatic carbocycles. The van der Waals surface area contributed by atoms with Crippen LogP contribution in [0.5, 0.6) is 0 Å². The highest BCUT2D eigenvalue weighted by molar-refractivity contribution is 5.93. The van der Waals surface area contributed by atoms with Gasteiger partial charge in [-0.15, -0.1) is 0 Å². The van der Waals surface area contributed by atoms with Gasteiger partial charge < -0.3 is 26.4 Å². The van der Waals surface area contributed by atoms with E-state index in [4.69, 9.17) is 10.5 Å². The van der Waals surface area contributed by atoms with E-state index in [0.717, 1.165) is 35.1 Å². The maximum atomic E-state index is 12.9. The molecule has 0 spiro atoms. The Morgan fingerprint density at radius 1 is 1.03 bits per heavy atom. The van der Waals surface area contributed by atoms with Gasteiger partial charge in [0.05, 0.1) is 12.1 Å². The molecule has 1 aliphatic rings. The number of primary amides is 1. The molecule has 0 aromatic heterocycles. The van der Waals surface area contributed by atoms with Crippen LogP contribution >= 0.6 is 0 Å². The lowest BCUT2D eigenvalue weighted by Gasteiger charge is -2.26. The third-order valence-corrected chi connectivity index (χ3v) is 6.20. The number of nitrogens with one attached hydrogen (secondary N) is 3. The molecule has 0 unspecified atom stereocenters. The minimum atomic E-state index is -0.651. The van der Waals surface area contributed by atoms with Crippen molar-refractivity contribution in [1.82, 2.24) is 16.0 Å². The van der Waals surface area contributed by atoms with E-state index in [0.29, 0.717) is 17.9 Å². The van der Waals surface area contributed by atoms with Gasteiger partial charge in [0.15, 0.2) is 0 Å². The molecule has 1 fully saturated rings. The molecule has 0 radical (unpaired) electrons. The Labute approximate surface area is 213 Å². The highest BCUT2D eigenvalue weighted by Gasteiger charge is 2.33. The molecule has 0 aliphatic heterocycles. The number of ether oxygens (including phenoxy) is 1. The normalized spacial score (nSPS) is 14.9. The zero-order valence-electron chi connectivity index (χ0n) is 21.8. The van der Waals surface area contributed by atoms with E-state index < -0.39 is 23.6 Å². The van der Waals surface area contributed by atoms with Crippen LogP contribution in [0.4, 0.5) is 9.59 Å². The Bertz CT molecular complexity index is 1070. The molecule has 2 aromatic rings. The minimum Gasteiger partial charge on any atom is -0.444 e. The molecule has 4 amide bonds. The number of alkyl carbamates (subject to hydrolysis) is 1. The number of hydrogen-bond acceptors (Lipinski definition) is 4. The lowest BCUT2D eigenvalue weighted by atomic mass is 9.94. The molecular formula is C28H38N4O4. The first-order chi connectivity index (χ1) is 16.9. The number of amides is 4. The van der Waals surface area contributed by atoms with Crippen LogP contribution in [0, 0.1) is 19.8 Å². The molecule has 194 valence electrons. The van der Waals surface area contributed by atoms with Crippen LogP contribution in [0.3, 0.4) is 0 Å². The van der Waals surface area contributed by atoms with Crippen LogP contribution in [0.2, 0.25) is 0 Å². The van der Waals surface area contributed by atoms with Crippen LogP contribution in [0.1, 0.15) is 72.3 Å². The summed E-state index contributed by atoms with van der Waals surface area (Å²) in [5.41, 5.74) is 9.08. The Balaban J connectivity index is 1.71. The van der Waals surface area contributed by atoms with Gasteiger partial charge in [-0.1, -0.05) is 30.3 Å². The van der Waals surface area contributed by atoms with Gasteiger partial charge in [0, 0.05) is 12.1 Å². The second-order valence-electron chi connectivity index (χ2n) is 10.6. The number of carbonyl (C=O) groups excluding carboxylic acids is 3. The van der Waals surface area contributed by atoms with Gasteiger partial charge in [0.1, 0.15) is 5.60 Å². The standard InChI is InChI=1S/C28H38N4O4/c1-17-13-21(25(29)33)14-18(2)23(17)15-22(31-27(35)36-28(3,4)5)16-30-26(34)32-24(20-11-12-20)19-9-7-6-8-10-19/h6-10,13-14,20,22,24H,11-12,15-16H2,1-5H3,(H2,29,33)(H,31,35)(H2,30,32,34)/t22-,24+/m0/s1. The first-order valence-corrected chi connectivity index (χ1v) is 12.4. The number of benzene rings is 2. The van der Waals surface area contributed by atoms with Crippen molar-refractivity contribution in [2.75, 3.05) is 6.54 Å². The Morgan fingerprint density at radius 2 is 1.64 bits per heavy atom. The average Bonchev–Trinajstić information content (AvgIpc) is 3.62. The van der Waals surface area contributed by atoms with Crippen molar-refractivity contribution in [2.45, 2.75) is 71.6 Å². The van der Waals surface area contributed by atoms with Crippen molar-refractivity contribution in [1.29, 1.82) is 0 Å². The Hall–Kier alpha value is -3.55. The maximum absolute atomic E-state index is 12.9. The largest absolute Gasteiger partial charge is 0.444 e. The lowest BCUT2D eigenvalue weighted by molar-refractivity contribution is 0.0503. The molecule has 0 heterocycles. The third kappa shape index (κ3) is 8.00. The molecule has 1 saturated carbocycles. The van der Waals surface area contributed by atoms with Crippen LogP contribution in [-0.4, -0.2) is 36.2 Å². The fraction of sp³-hybridized carbons (Fsp3) is 0.464. The number of nitrogens with two attached hydrogens (primary N) is 1. The molecule has 2 atom stereocenters. The number of hydrogen-bond donors (Lipinski definition) is 4. The Morgan fingerprint density at radius 3 is 2.17 bits per heavy atom. The molecule has 8 heteroatoms. The summed E-state index contributed by atoms with van der Waals surface area (Å²) < 4.78 is 5.45. The Kier molecular flexibility index (Phi) is 8.61. The van der Waals surface area contributed by atoms with Crippen LogP contribution < -0.4 is 21.7 Å². The lowest BCUT2D eigenvalue weighted by Crippen LogP contribution is -2.49. The van der Waals surface area contributed by atoms with Gasteiger partial charge in [-0.2, -0.15) is 0 Å². The number of rotatable bonds is 9. The second kappa shape index (κ2) is 11.5. The van der Waals surface area contributed by atoms with Gasteiger partial charge in [-0.25, -0.2) is 9.59 Å². The zero-order chi connectivity index (χ0) is 26.5. The van der Waals surface area contributed by atoms with E-state index in [-0.39, 0.29) is 18.6 Å². The second-order valence-corrected chi connectivity index (χ2v) is 10.6. The maximum Gasteiger partial charge on any atom is 0.407 e. The van der Waals surface area contributed by atoms with Crippen molar-refractivity contribution in [3.05, 3.63) is 70.3 Å². The molecular weight excluding hydrogens is 456 g/mol. The number of urea groups is 1. The summed E-state index contributed by atoms with van der Waals surface area (Å²) in [4.78, 5) is 37.1. The molecule has 8 nitrogen and oxygen atoms in total. The summed E-state index contributed by atoms with van der Waals surface area (Å²) in [6.07, 6.45) is 2.06. The average molecular weight is 495 g/mol. The zero-order valence-corrected chi connectivity index (χ0v) is 21.8. The molecule has 5 N–H and O–H groups in total. The molecule has 1 aliphatic carbocycles. The van der Waals surface area contributed by atoms with E-state index in [1.165, 1.54) is 0 Å². The van der Waals surface area contributed by atoms with Gasteiger partial charge in [-0.05, 0) is 94.2 Å². The van der Waals surface area contributed by atoms with Crippen LogP contribution in [-0.2, 0) is 11.2 Å². The molecule has 3 rings (SSSR count). The number of aryl methyl sites for hydroxylation is 2. The van der Waals surface area contributed by atoms with E-state index in [1.54, 1.807) is 32.9 Å². The van der Waals surface area contributed by atoms with E-state index in [1.807, 2.05) is 44.2 Å². The van der Waals surface area contributed by atoms with Crippen molar-refractivity contribution in [3.8, 4) is 0 Å². The van der Waals surface area contributed by atoms with Gasteiger partial charge in [0.2, 0.25) is 5.91 Å². The van der Waals surface area contributed by atoms with Crippen LogP contribution in [0.15, 0.2) is 42.5 Å². The smallest absolute Gasteiger partial charge is 0.407 e. The first kappa shape index (κ1) is 27.0. The van der Waals surface area contributed by atoms with E-state index in [9.17, 15) is 14.4 Å². The summed E-state index contributed by atoms with van der Waals surface area (Å²) >= 11 is 0. The molecule has 0 bridgehead atoms. The summed E-state index contributed by atoms with van der Waals surface area (Å²) in [7, 11) is 0. The van der Waals surface area contributed by atoms with Gasteiger partial charge in [-0.3, -0.25) is 4.79 Å². The van der Waals surface area contributed by atoms with E-state index in [2.05, 4.69) is 16.0 Å². The first-order valence-electron chi connectivity index (χ1n) is 12.4. The SMILES string of the molecule is Cc1cc(C(N)=O)cc(C)c1C[C@@H](CNC(=O)N[C@H](c1ccccc1)C1CC1)NC(=O)OC(C)(C)C. The van der Waals surface area contributed by atoms with Gasteiger partial charge in [0.25, 0.3) is 0 Å². The fourth-order valence-corrected chi connectivity index (χ4v) is 4.32. The summed E-state index contributed by atoms with van der Waals surface area (Å²) in [5, 5.41) is 8.93. The third-order valence-electron chi connectivity index (χ3n) is 6.20. The summed E-state index contributed by atoms with van der Waals surface area (Å²) in [5.74, 6) is -0.0546. The van der Waals surface area contributed by atoms with E-state index >= 15 is 0 Å². The van der Waals surface area contributed by atoms with Crippen molar-refractivity contribution >= 4 is 18.0 Å². The highest BCUT2D eigenvalue weighted by Crippen LogP contribution is 2.40. The molecule has 0 saturated heterocycles. The van der Waals surface area contributed by atoms with Crippen molar-refractivity contribution < 1.29 is 19.1 Å². The summed E-state index contributed by atoms with van der Waals surface area (Å²) in [6, 6.07) is 12.7. The van der Waals surface area contributed by atoms with Crippen molar-refractivity contribution in [3.63, 3.8) is 0 Å². The number of carbonyl (C=O) groups is 3. The predicted octanol–water partition coefficient (Wildman–Crippen LogP) is 4.29. The topological polar surface area (TPSA) is 123 Å². The highest BCUT2D eigenvalue weighted by atomic mass is 16.6. The monoisotopic (exact) mass is 494 g/mol.